The summed E-state index contributed by atoms with van der Waals surface area (Å²) in [5.74, 6) is -10.8. The number of aromatic nitrogens is 2. The number of aliphatic carboxylic acids is 3. The molecule has 684 valence electrons. The van der Waals surface area contributed by atoms with Gasteiger partial charge in [-0.15, -0.1) is 28.9 Å². The smallest absolute Gasteiger partial charge is 0.327 e. The summed E-state index contributed by atoms with van der Waals surface area (Å²) in [6, 6.07) is 65.0. The number of fused-ring (bicyclic) bond motifs is 10. The van der Waals surface area contributed by atoms with Crippen molar-refractivity contribution in [3.8, 4) is 5.75 Å². The number of hydrogen-bond acceptors (Lipinski definition) is 26. The van der Waals surface area contributed by atoms with E-state index < -0.39 is 119 Å². The lowest BCUT2D eigenvalue weighted by Gasteiger charge is -2.22. The minimum Gasteiger partial charge on any atom is -0.504 e. The molecule has 37 nitrogen and oxygen atoms in total. The van der Waals surface area contributed by atoms with Crippen LogP contribution >= 0.6 is 24.0 Å². The number of carbonyl (C=O) groups is 20. The van der Waals surface area contributed by atoms with E-state index in [9.17, 15) is 116 Å². The van der Waals surface area contributed by atoms with Crippen LogP contribution in [0, 0.1) is 4.91 Å². The van der Waals surface area contributed by atoms with Gasteiger partial charge in [0.1, 0.15) is 31.5 Å². The number of thiol groups is 1. The molecule has 2 atom stereocenters. The summed E-state index contributed by atoms with van der Waals surface area (Å²) in [4.78, 5) is 255. The van der Waals surface area contributed by atoms with E-state index in [-0.39, 0.29) is 102 Å². The molecule has 14 amide bonds. The Kier molecular flexibility index (Phi) is 29.5. The molecule has 39 heteroatoms. The number of para-hydroxylation sites is 2. The average molecular weight is 1870 g/mol. The number of amides is 14. The number of aromatic hydroxyl groups is 1. The van der Waals surface area contributed by atoms with Crippen molar-refractivity contribution in [3.05, 3.63) is 349 Å². The second-order valence-electron chi connectivity index (χ2n) is 29.8. The highest BCUT2D eigenvalue weighted by atomic mass is 32.1. The van der Waals surface area contributed by atoms with Crippen molar-refractivity contribution in [2.45, 2.75) is 24.9 Å². The van der Waals surface area contributed by atoms with E-state index in [0.29, 0.717) is 56.2 Å². The summed E-state index contributed by atoms with van der Waals surface area (Å²) in [6.45, 7) is -1.53. The zero-order valence-electron chi connectivity index (χ0n) is 70.8. The van der Waals surface area contributed by atoms with E-state index in [1.54, 1.807) is 176 Å². The second-order valence-corrected chi connectivity index (χ2v) is 31.3. The number of aliphatic hydroxyl groups excluding tert-OH is 1. The number of benzene rings is 10. The van der Waals surface area contributed by atoms with Crippen LogP contribution in [0.5, 0.6) is 5.75 Å². The van der Waals surface area contributed by atoms with Crippen LogP contribution in [0.1, 0.15) is 156 Å². The molecule has 0 saturated heterocycles. The lowest BCUT2D eigenvalue weighted by Crippen LogP contribution is -2.46. The highest BCUT2D eigenvalue weighted by molar-refractivity contribution is 7.96. The first-order chi connectivity index (χ1) is 65.3. The molecule has 136 heavy (non-hydrogen) atoms. The Morgan fingerprint density at radius 3 is 0.934 bits per heavy atom. The number of carbonyl (C=O) groups excluding carboxylic acids is 17. The lowest BCUT2D eigenvalue weighted by molar-refractivity contribution is -0.142. The molecular formula is C97H72N10O27S2. The Morgan fingerprint density at radius 2 is 0.654 bits per heavy atom. The van der Waals surface area contributed by atoms with E-state index >= 15 is 0 Å². The number of carboxylic acids is 3. The van der Waals surface area contributed by atoms with Crippen molar-refractivity contribution in [1.82, 2.24) is 44.3 Å². The largest absolute Gasteiger partial charge is 0.504 e. The molecule has 10 heterocycles. The average Bonchev–Trinajstić information content (AvgIpc) is 1.60. The molecule has 0 spiro atoms. The Labute approximate surface area is 776 Å². The van der Waals surface area contributed by atoms with Gasteiger partial charge in [0.05, 0.1) is 111 Å². The van der Waals surface area contributed by atoms with Gasteiger partial charge in [0.2, 0.25) is 10.1 Å². The molecule has 7 aliphatic rings. The molecule has 0 fully saturated rings. The van der Waals surface area contributed by atoms with Crippen molar-refractivity contribution in [2.75, 3.05) is 46.4 Å². The monoisotopic (exact) mass is 1870 g/mol. The summed E-state index contributed by atoms with van der Waals surface area (Å²) >= 11 is 4.74. The molecule has 0 aliphatic carbocycles. The van der Waals surface area contributed by atoms with Gasteiger partial charge >= 0.3 is 23.9 Å². The summed E-state index contributed by atoms with van der Waals surface area (Å²) in [5, 5.41) is 50.8. The van der Waals surface area contributed by atoms with Crippen LogP contribution in [0.2, 0.25) is 0 Å². The maximum absolute atomic E-state index is 12.6. The van der Waals surface area contributed by atoms with Crippen molar-refractivity contribution >= 4 is 179 Å². The Hall–Kier alpha value is -17.9. The molecule has 0 bridgehead atoms. The van der Waals surface area contributed by atoms with Crippen LogP contribution in [0.3, 0.4) is 0 Å². The van der Waals surface area contributed by atoms with Crippen molar-refractivity contribution in [2.24, 2.45) is 5.18 Å². The number of nitroso groups, excluding NO2 is 1. The minimum absolute atomic E-state index is 0.00870. The van der Waals surface area contributed by atoms with Crippen LogP contribution in [-0.2, 0) is 46.3 Å². The van der Waals surface area contributed by atoms with Crippen molar-refractivity contribution < 1.29 is 126 Å². The number of nitrogens with zero attached hydrogens (tertiary/aromatic N) is 8. The summed E-state index contributed by atoms with van der Waals surface area (Å²) < 4.78 is 5.30. The minimum atomic E-state index is -1.26. The molecule has 20 rings (SSSR count). The Morgan fingerprint density at radius 1 is 0.382 bits per heavy atom. The third-order valence-corrected chi connectivity index (χ3v) is 22.9. The van der Waals surface area contributed by atoms with Crippen LogP contribution in [0.15, 0.2) is 260 Å². The molecule has 7 N–H and O–H groups in total. The number of nitrogens with one attached hydrogen (secondary N) is 2. The van der Waals surface area contributed by atoms with E-state index in [4.69, 9.17) is 10.2 Å². The zero-order chi connectivity index (χ0) is 97.6. The van der Waals surface area contributed by atoms with Crippen molar-refractivity contribution in [3.63, 3.8) is 0 Å². The lowest BCUT2D eigenvalue weighted by atomic mass is 10.0. The fraction of sp³-hybridized carbons (Fsp3) is 0.113. The molecule has 7 aliphatic heterocycles. The maximum atomic E-state index is 12.6. The number of thiophene rings is 1. The molecule has 10 aromatic carbocycles. The van der Waals surface area contributed by atoms with Gasteiger partial charge in [-0.2, -0.15) is 0 Å². The number of methoxy groups -OCH3 is 1. The van der Waals surface area contributed by atoms with E-state index in [1.807, 2.05) is 66.7 Å². The molecule has 0 unspecified atom stereocenters. The number of carboxylic acid groups (broad SMARTS) is 3. The fourth-order valence-electron chi connectivity index (χ4n) is 15.3. The second kappa shape index (κ2) is 41.9. The van der Waals surface area contributed by atoms with Crippen molar-refractivity contribution in [1.29, 1.82) is 0 Å². The van der Waals surface area contributed by atoms with Gasteiger partial charge in [-0.1, -0.05) is 133 Å². The van der Waals surface area contributed by atoms with E-state index in [0.717, 1.165) is 71.9 Å². The van der Waals surface area contributed by atoms with Gasteiger partial charge in [0.25, 0.3) is 82.7 Å². The number of aldehydes is 1. The van der Waals surface area contributed by atoms with Gasteiger partial charge < -0.3 is 45.0 Å². The van der Waals surface area contributed by atoms with Gasteiger partial charge in [0.15, 0.2) is 5.75 Å². The summed E-state index contributed by atoms with van der Waals surface area (Å²) in [7, 11) is 1.21. The number of β-amino-alcohol motifs (C(OH)–C–C–N with tert-alkyl or cyclic N) is 1. The van der Waals surface area contributed by atoms with Gasteiger partial charge in [-0.05, 0) is 125 Å². The topological polar surface area (TPSA) is 535 Å². The van der Waals surface area contributed by atoms with Gasteiger partial charge in [-0.25, -0.2) is 9.59 Å². The number of rotatable bonds is 19. The highest BCUT2D eigenvalue weighted by Gasteiger charge is 2.46. The molecule has 0 radical (unpaired) electrons. The summed E-state index contributed by atoms with van der Waals surface area (Å²) in [6.07, 6.45) is 4.08. The number of H-pyrrole nitrogens is 2. The standard InChI is InChI=1S/2C19H14N2O4.C11H9NO4.C10H7NO4.C10H7NO3S.C10H9NO3.C10H7NO3.C8H5NO2S/c2*22-17-13-6-1-2-7-14(13)18(23)21(17)16(19(24)25)9-11-10-20-15-8-4-3-5-12(11)15;1-16-9(13)6-12-10(14)7-4-2-3-5-8(7)11(12)15;12-8(13)5-11-9(14)6-3-1-2-4-7(6)10(11)15;12-8(15)5-11-9(13)6-3-1-2-4-7(6)10(11)14;2*12-6-5-11-9(13)7-3-1-2-4-8(7)10(11)14;10-7-5-3-1-2-4-6(5)12-8(7)9-11/h2*1-8,10,16,20H,9H2,(H,24,25);2-5H,6H2,1H3;1-4H,5H2,(H,12,13);1-4H,5H2,(H,12,15);1-4,12H,5-6H2;1-4,6H,5H2;1-4,10H/t2*16-;;;;;;/m10....../s1. The predicted octanol–water partition coefficient (Wildman–Crippen LogP) is 10.2. The van der Waals surface area contributed by atoms with Crippen LogP contribution in [0.4, 0.5) is 5.00 Å². The quantitative estimate of drug-likeness (QED) is 0.0123. The molecular weight excluding hydrogens is 1800 g/mol. The number of imide groups is 7. The molecule has 0 saturated carbocycles. The van der Waals surface area contributed by atoms with Gasteiger partial charge in [-0.3, -0.25) is 116 Å². The third kappa shape index (κ3) is 19.6. The number of aromatic amines is 2. The first-order valence-corrected chi connectivity index (χ1v) is 42.0. The number of aliphatic hydroxyl groups is 1. The van der Waals surface area contributed by atoms with E-state index in [1.165, 1.54) is 30.6 Å². The first kappa shape index (κ1) is 95.7. The fourth-order valence-corrected chi connectivity index (χ4v) is 16.3. The normalized spacial score (nSPS) is 14.2. The van der Waals surface area contributed by atoms with Crippen LogP contribution in [-0.4, -0.2) is 246 Å². The molecule has 13 aromatic rings. The predicted molar refractivity (Wildman–Crippen MR) is 486 cm³/mol. The third-order valence-electron chi connectivity index (χ3n) is 21.7. The number of ether oxygens (including phenoxy) is 1. The maximum Gasteiger partial charge on any atom is 0.327 e. The highest BCUT2D eigenvalue weighted by Crippen LogP contribution is 2.43. The number of esters is 1. The van der Waals surface area contributed by atoms with Crippen LogP contribution < -0.4 is 0 Å². The SMILES string of the molecule is COC(=O)CN1C(=O)c2ccccc2C1=O.O=C(O)CN1C(=O)c2ccccc2C1=O.O=C(O)[C@@H](Cc1c[nH]c2ccccc12)N1C(=O)c2ccccc2C1=O.O=C(O)[C@H](Cc1c[nH]c2ccccc12)N1C(=O)c2ccccc2C1=O.O=C(S)CN1C(=O)c2ccccc2C1=O.O=C1c2ccccc2C(=O)N1CCO.O=CCN1C(=O)c2ccccc2C1=O.O=Nc1sc2ccccc2c1O. The summed E-state index contributed by atoms with van der Waals surface area (Å²) in [5.41, 5.74) is 7.72. The number of hydrogen-bond donors (Lipinski definition) is 8. The van der Waals surface area contributed by atoms with Gasteiger partial charge in [0, 0.05) is 57.1 Å². The van der Waals surface area contributed by atoms with E-state index in [2.05, 4.69) is 32.5 Å². The van der Waals surface area contributed by atoms with Crippen LogP contribution in [0.25, 0.3) is 31.9 Å². The Bertz CT molecular complexity index is 6680. The first-order valence-electron chi connectivity index (χ1n) is 40.7. The molecule has 3 aromatic heterocycles. The Balaban J connectivity index is 0.000000133. The zero-order valence-corrected chi connectivity index (χ0v) is 72.5.